The van der Waals surface area contributed by atoms with Crippen LogP contribution in [0.5, 0.6) is 5.75 Å². The van der Waals surface area contributed by atoms with Gasteiger partial charge in [-0.2, -0.15) is 13.2 Å². The standard InChI is InChI=1S/C21H24F3N5O2/c1-11-18-19(29(3)12(2)20(30)28-18)27-17(26-11)8-13-6-14(7-13)10-31-15-4-5-16(25-9-15)21(22,23)24/h4-5,9,12-14H,6-8,10H2,1-3H3,(H,28,30)/t12-,13?,14?/m0/s1. The van der Waals surface area contributed by atoms with Gasteiger partial charge in [-0.15, -0.1) is 0 Å². The number of alkyl halides is 3. The molecular formula is C21H24F3N5O2. The largest absolute Gasteiger partial charge is 0.492 e. The zero-order chi connectivity index (χ0) is 22.3. The number of fused-ring (bicyclic) bond motifs is 1. The van der Waals surface area contributed by atoms with E-state index in [9.17, 15) is 18.0 Å². The first-order valence-corrected chi connectivity index (χ1v) is 10.2. The van der Waals surface area contributed by atoms with Gasteiger partial charge in [0.15, 0.2) is 5.82 Å². The minimum absolute atomic E-state index is 0.0699. The topological polar surface area (TPSA) is 80.2 Å². The van der Waals surface area contributed by atoms with Crippen molar-refractivity contribution < 1.29 is 22.7 Å². The molecule has 0 radical (unpaired) electrons. The Morgan fingerprint density at radius 2 is 1.97 bits per heavy atom. The summed E-state index contributed by atoms with van der Waals surface area (Å²) in [4.78, 5) is 26.5. The van der Waals surface area contributed by atoms with E-state index in [2.05, 4.69) is 20.3 Å². The first-order valence-electron chi connectivity index (χ1n) is 10.2. The number of nitrogens with zero attached hydrogens (tertiary/aromatic N) is 4. The molecule has 1 amide bonds. The predicted octanol–water partition coefficient (Wildman–Crippen LogP) is 3.62. The second-order valence-corrected chi connectivity index (χ2v) is 8.30. The summed E-state index contributed by atoms with van der Waals surface area (Å²) in [6.45, 7) is 4.14. The maximum Gasteiger partial charge on any atom is 0.433 e. The quantitative estimate of drug-likeness (QED) is 0.773. The Kier molecular flexibility index (Phi) is 5.49. The number of amides is 1. The average molecular weight is 435 g/mol. The van der Waals surface area contributed by atoms with Crippen LogP contribution in [-0.2, 0) is 17.4 Å². The van der Waals surface area contributed by atoms with Crippen molar-refractivity contribution in [2.75, 3.05) is 23.9 Å². The lowest BCUT2D eigenvalue weighted by Crippen LogP contribution is -2.45. The first-order chi connectivity index (χ1) is 14.6. The van der Waals surface area contributed by atoms with E-state index in [0.717, 1.165) is 48.9 Å². The summed E-state index contributed by atoms with van der Waals surface area (Å²) in [5, 5.41) is 2.88. The third kappa shape index (κ3) is 4.42. The van der Waals surface area contributed by atoms with Crippen LogP contribution in [0, 0.1) is 18.8 Å². The van der Waals surface area contributed by atoms with Crippen LogP contribution in [0.2, 0.25) is 0 Å². The van der Waals surface area contributed by atoms with Crippen molar-refractivity contribution in [2.45, 2.75) is 45.3 Å². The maximum atomic E-state index is 12.6. The van der Waals surface area contributed by atoms with Gasteiger partial charge in [-0.05, 0) is 50.7 Å². The molecule has 1 atom stereocenters. The molecule has 166 valence electrons. The van der Waals surface area contributed by atoms with Gasteiger partial charge in [0.1, 0.15) is 29.0 Å². The summed E-state index contributed by atoms with van der Waals surface area (Å²) in [7, 11) is 1.85. The molecule has 3 heterocycles. The van der Waals surface area contributed by atoms with Crippen molar-refractivity contribution in [3.63, 3.8) is 0 Å². The number of pyridine rings is 1. The molecule has 0 unspecified atom stereocenters. The summed E-state index contributed by atoms with van der Waals surface area (Å²) in [5.74, 6) is 2.53. The number of ether oxygens (including phenoxy) is 1. The fourth-order valence-electron chi connectivity index (χ4n) is 3.98. The Balaban J connectivity index is 1.30. The molecule has 2 aliphatic rings. The molecule has 1 aliphatic heterocycles. The number of hydrogen-bond donors (Lipinski definition) is 1. The zero-order valence-corrected chi connectivity index (χ0v) is 17.5. The van der Waals surface area contributed by atoms with Crippen molar-refractivity contribution in [1.82, 2.24) is 15.0 Å². The Morgan fingerprint density at radius 1 is 1.23 bits per heavy atom. The van der Waals surface area contributed by atoms with E-state index in [-0.39, 0.29) is 11.9 Å². The molecule has 31 heavy (non-hydrogen) atoms. The molecule has 1 fully saturated rings. The van der Waals surface area contributed by atoms with E-state index in [1.165, 1.54) is 6.07 Å². The van der Waals surface area contributed by atoms with Crippen LogP contribution in [0.4, 0.5) is 24.7 Å². The highest BCUT2D eigenvalue weighted by Crippen LogP contribution is 2.38. The Hall–Kier alpha value is -2.91. The first kappa shape index (κ1) is 21.3. The van der Waals surface area contributed by atoms with E-state index < -0.39 is 11.9 Å². The zero-order valence-electron chi connectivity index (χ0n) is 17.5. The third-order valence-electron chi connectivity index (χ3n) is 5.98. The number of likely N-dealkylation sites (N-methyl/N-ethyl adjacent to an activating group) is 1. The Morgan fingerprint density at radius 3 is 2.61 bits per heavy atom. The van der Waals surface area contributed by atoms with E-state index in [1.807, 2.05) is 25.8 Å². The predicted molar refractivity (Wildman–Crippen MR) is 108 cm³/mol. The SMILES string of the molecule is Cc1nc(CC2CC(COc3ccc(C(F)(F)F)nc3)C2)nc2c1NC(=O)[C@H](C)N2C. The van der Waals surface area contributed by atoms with Gasteiger partial charge in [0.05, 0.1) is 18.5 Å². The fourth-order valence-corrected chi connectivity index (χ4v) is 3.98. The lowest BCUT2D eigenvalue weighted by atomic mass is 9.73. The van der Waals surface area contributed by atoms with Gasteiger partial charge in [0, 0.05) is 13.5 Å². The number of nitrogens with one attached hydrogen (secondary N) is 1. The molecular weight excluding hydrogens is 411 g/mol. The van der Waals surface area contributed by atoms with E-state index in [1.54, 1.807) is 0 Å². The van der Waals surface area contributed by atoms with Crippen molar-refractivity contribution in [3.8, 4) is 5.75 Å². The number of halogens is 3. The van der Waals surface area contributed by atoms with Gasteiger partial charge in [-0.1, -0.05) is 0 Å². The van der Waals surface area contributed by atoms with Crippen LogP contribution in [0.1, 0.15) is 37.0 Å². The normalized spacial score (nSPS) is 23.1. The van der Waals surface area contributed by atoms with E-state index >= 15 is 0 Å². The number of rotatable bonds is 5. The molecule has 0 aromatic carbocycles. The molecule has 4 rings (SSSR count). The van der Waals surface area contributed by atoms with Gasteiger partial charge in [-0.3, -0.25) is 4.79 Å². The molecule has 10 heteroatoms. The maximum absolute atomic E-state index is 12.6. The molecule has 1 saturated carbocycles. The summed E-state index contributed by atoms with van der Waals surface area (Å²) >= 11 is 0. The Labute approximate surface area is 178 Å². The lowest BCUT2D eigenvalue weighted by molar-refractivity contribution is -0.141. The minimum Gasteiger partial charge on any atom is -0.492 e. The lowest BCUT2D eigenvalue weighted by Gasteiger charge is -2.36. The van der Waals surface area contributed by atoms with Crippen LogP contribution >= 0.6 is 0 Å². The number of anilines is 2. The number of hydrogen-bond acceptors (Lipinski definition) is 6. The highest BCUT2D eigenvalue weighted by molar-refractivity contribution is 6.02. The van der Waals surface area contributed by atoms with Gasteiger partial charge in [0.2, 0.25) is 5.91 Å². The average Bonchev–Trinajstić information content (AvgIpc) is 2.68. The number of carbonyl (C=O) groups is 1. The van der Waals surface area contributed by atoms with Crippen LogP contribution in [0.25, 0.3) is 0 Å². The second kappa shape index (κ2) is 7.97. The number of aryl methyl sites for hydroxylation is 1. The van der Waals surface area contributed by atoms with E-state index in [0.29, 0.717) is 29.9 Å². The molecule has 1 aliphatic carbocycles. The molecule has 0 bridgehead atoms. The van der Waals surface area contributed by atoms with Crippen molar-refractivity contribution in [1.29, 1.82) is 0 Å². The summed E-state index contributed by atoms with van der Waals surface area (Å²) in [5.41, 5.74) is 0.490. The number of aromatic nitrogens is 3. The van der Waals surface area contributed by atoms with Crippen LogP contribution in [0.3, 0.4) is 0 Å². The van der Waals surface area contributed by atoms with Crippen LogP contribution in [-0.4, -0.2) is 40.6 Å². The van der Waals surface area contributed by atoms with Crippen molar-refractivity contribution in [2.24, 2.45) is 11.8 Å². The van der Waals surface area contributed by atoms with Crippen molar-refractivity contribution >= 4 is 17.4 Å². The summed E-state index contributed by atoms with van der Waals surface area (Å²) in [6, 6.07) is 1.93. The number of carbonyl (C=O) groups excluding carboxylic acids is 1. The van der Waals surface area contributed by atoms with Gasteiger partial charge < -0.3 is 15.0 Å². The van der Waals surface area contributed by atoms with Gasteiger partial charge in [0.25, 0.3) is 0 Å². The molecule has 0 spiro atoms. The Bertz CT molecular complexity index is 974. The highest BCUT2D eigenvalue weighted by atomic mass is 19.4. The van der Waals surface area contributed by atoms with Gasteiger partial charge >= 0.3 is 6.18 Å². The third-order valence-corrected chi connectivity index (χ3v) is 5.98. The fraction of sp³-hybridized carbons (Fsp3) is 0.524. The highest BCUT2D eigenvalue weighted by Gasteiger charge is 2.34. The molecule has 1 N–H and O–H groups in total. The molecule has 7 nitrogen and oxygen atoms in total. The summed E-state index contributed by atoms with van der Waals surface area (Å²) < 4.78 is 43.3. The smallest absolute Gasteiger partial charge is 0.433 e. The molecule has 2 aromatic heterocycles. The van der Waals surface area contributed by atoms with Crippen LogP contribution < -0.4 is 15.0 Å². The minimum atomic E-state index is -4.45. The molecule has 0 saturated heterocycles. The second-order valence-electron chi connectivity index (χ2n) is 8.30. The van der Waals surface area contributed by atoms with Crippen molar-refractivity contribution in [3.05, 3.63) is 35.5 Å². The summed E-state index contributed by atoms with van der Waals surface area (Å²) in [6.07, 6.45) is -0.718. The van der Waals surface area contributed by atoms with E-state index in [4.69, 9.17) is 4.74 Å². The monoisotopic (exact) mass is 435 g/mol. The van der Waals surface area contributed by atoms with Gasteiger partial charge in [-0.25, -0.2) is 15.0 Å². The molecule has 2 aromatic rings. The van der Waals surface area contributed by atoms with Crippen LogP contribution in [0.15, 0.2) is 18.3 Å².